The summed E-state index contributed by atoms with van der Waals surface area (Å²) in [6.07, 6.45) is 0. The van der Waals surface area contributed by atoms with Gasteiger partial charge in [-0.15, -0.1) is 0 Å². The summed E-state index contributed by atoms with van der Waals surface area (Å²) in [4.78, 5) is 16.3. The second-order valence-electron chi connectivity index (χ2n) is 4.50. The number of methoxy groups -OCH3 is 2. The number of carboxylic acid groups (broad SMARTS) is 1. The Morgan fingerprint density at radius 3 is 2.38 bits per heavy atom. The first-order valence-electron chi connectivity index (χ1n) is 6.34. The number of rotatable bonds is 3. The lowest BCUT2D eigenvalue weighted by Crippen LogP contribution is -2.03. The summed E-state index contributed by atoms with van der Waals surface area (Å²) >= 11 is 0. The fraction of sp³-hybridized carbons (Fsp3) is 0.125. The van der Waals surface area contributed by atoms with Crippen LogP contribution in [0.4, 0.5) is 0 Å². The number of aromatic carboxylic acids is 1. The molecule has 0 saturated heterocycles. The van der Waals surface area contributed by atoms with Crippen molar-refractivity contribution in [2.45, 2.75) is 0 Å². The van der Waals surface area contributed by atoms with Crippen molar-refractivity contribution in [1.29, 1.82) is 0 Å². The monoisotopic (exact) mass is 283 g/mol. The Balaban J connectivity index is 2.62. The van der Waals surface area contributed by atoms with Crippen LogP contribution in [0.5, 0.6) is 11.5 Å². The van der Waals surface area contributed by atoms with Crippen molar-refractivity contribution in [3.05, 3.63) is 42.0 Å². The van der Waals surface area contributed by atoms with Gasteiger partial charge in [-0.1, -0.05) is 18.2 Å². The molecule has 0 aliphatic carbocycles. The fourth-order valence-electron chi connectivity index (χ4n) is 2.50. The average molecular weight is 283 g/mol. The molecule has 3 rings (SSSR count). The highest BCUT2D eigenvalue weighted by atomic mass is 16.5. The van der Waals surface area contributed by atoms with Gasteiger partial charge in [0.25, 0.3) is 0 Å². The van der Waals surface area contributed by atoms with E-state index in [0.717, 1.165) is 0 Å². The largest absolute Gasteiger partial charge is 0.496 e. The highest BCUT2D eigenvalue weighted by Crippen LogP contribution is 2.37. The van der Waals surface area contributed by atoms with Crippen LogP contribution in [0.2, 0.25) is 0 Å². The number of ether oxygens (including phenoxy) is 2. The van der Waals surface area contributed by atoms with Gasteiger partial charge in [0.15, 0.2) is 0 Å². The summed E-state index contributed by atoms with van der Waals surface area (Å²) in [5.74, 6) is -0.0503. The molecule has 1 aromatic heterocycles. The summed E-state index contributed by atoms with van der Waals surface area (Å²) in [6, 6.07) is 10.5. The molecule has 0 bridgehead atoms. The molecule has 5 heteroatoms. The minimum absolute atomic E-state index is 0.173. The lowest BCUT2D eigenvalue weighted by atomic mass is 10.0. The van der Waals surface area contributed by atoms with Gasteiger partial charge in [0.05, 0.1) is 30.7 Å². The zero-order valence-electron chi connectivity index (χ0n) is 11.6. The van der Waals surface area contributed by atoms with E-state index in [9.17, 15) is 9.90 Å². The Hall–Kier alpha value is -2.82. The lowest BCUT2D eigenvalue weighted by molar-refractivity contribution is 0.0701. The van der Waals surface area contributed by atoms with Crippen LogP contribution in [0, 0.1) is 0 Å². The topological polar surface area (TPSA) is 68.7 Å². The van der Waals surface area contributed by atoms with Gasteiger partial charge in [0.2, 0.25) is 0 Å². The van der Waals surface area contributed by atoms with Crippen LogP contribution in [0.3, 0.4) is 0 Å². The van der Waals surface area contributed by atoms with Crippen LogP contribution in [-0.2, 0) is 0 Å². The van der Waals surface area contributed by atoms with Gasteiger partial charge >= 0.3 is 5.97 Å². The molecular formula is C16H13NO4. The van der Waals surface area contributed by atoms with Crippen molar-refractivity contribution < 1.29 is 19.4 Å². The highest BCUT2D eigenvalue weighted by molar-refractivity contribution is 6.16. The molecule has 21 heavy (non-hydrogen) atoms. The van der Waals surface area contributed by atoms with E-state index in [1.807, 2.05) is 6.07 Å². The van der Waals surface area contributed by atoms with E-state index in [0.29, 0.717) is 33.3 Å². The van der Waals surface area contributed by atoms with Crippen molar-refractivity contribution in [1.82, 2.24) is 4.98 Å². The minimum Gasteiger partial charge on any atom is -0.496 e. The van der Waals surface area contributed by atoms with Crippen molar-refractivity contribution in [2.24, 2.45) is 0 Å². The number of nitrogens with zero attached hydrogens (tertiary/aromatic N) is 1. The van der Waals surface area contributed by atoms with Gasteiger partial charge in [-0.2, -0.15) is 0 Å². The van der Waals surface area contributed by atoms with Gasteiger partial charge in [0.1, 0.15) is 17.0 Å². The van der Waals surface area contributed by atoms with E-state index in [1.165, 1.54) is 14.2 Å². The number of hydrogen-bond donors (Lipinski definition) is 1. The Morgan fingerprint density at radius 1 is 1.05 bits per heavy atom. The van der Waals surface area contributed by atoms with Gasteiger partial charge < -0.3 is 14.6 Å². The maximum Gasteiger partial charge on any atom is 0.337 e. The molecule has 0 fully saturated rings. The number of fused-ring (bicyclic) bond motifs is 2. The first-order chi connectivity index (χ1) is 10.2. The fourth-order valence-corrected chi connectivity index (χ4v) is 2.50. The number of para-hydroxylation sites is 1. The van der Waals surface area contributed by atoms with E-state index in [4.69, 9.17) is 9.47 Å². The van der Waals surface area contributed by atoms with E-state index in [1.54, 1.807) is 30.3 Å². The predicted molar refractivity (Wildman–Crippen MR) is 79.3 cm³/mol. The lowest BCUT2D eigenvalue weighted by Gasteiger charge is -2.13. The third kappa shape index (κ3) is 1.94. The number of pyridine rings is 1. The molecule has 0 radical (unpaired) electrons. The minimum atomic E-state index is -1.02. The Kier molecular flexibility index (Phi) is 3.10. The summed E-state index contributed by atoms with van der Waals surface area (Å²) in [6.45, 7) is 0. The zero-order chi connectivity index (χ0) is 15.0. The van der Waals surface area contributed by atoms with Crippen molar-refractivity contribution in [2.75, 3.05) is 14.2 Å². The first-order valence-corrected chi connectivity index (χ1v) is 6.34. The molecule has 0 spiro atoms. The molecule has 1 N–H and O–H groups in total. The molecule has 0 amide bonds. The molecule has 0 aliphatic heterocycles. The van der Waals surface area contributed by atoms with Crippen LogP contribution in [0.15, 0.2) is 36.4 Å². The quantitative estimate of drug-likeness (QED) is 0.748. The molecule has 2 aromatic carbocycles. The molecule has 0 aliphatic rings. The van der Waals surface area contributed by atoms with E-state index >= 15 is 0 Å². The van der Waals surface area contributed by atoms with E-state index in [2.05, 4.69) is 4.98 Å². The number of benzene rings is 2. The number of carboxylic acids is 1. The van der Waals surface area contributed by atoms with Crippen LogP contribution < -0.4 is 9.47 Å². The maximum atomic E-state index is 11.8. The number of hydrogen-bond acceptors (Lipinski definition) is 4. The number of aromatic nitrogens is 1. The molecule has 0 unspecified atom stereocenters. The summed E-state index contributed by atoms with van der Waals surface area (Å²) in [5, 5.41) is 10.7. The second kappa shape index (κ2) is 4.94. The van der Waals surface area contributed by atoms with Gasteiger partial charge in [0, 0.05) is 5.39 Å². The summed E-state index contributed by atoms with van der Waals surface area (Å²) in [5.41, 5.74) is 1.26. The van der Waals surface area contributed by atoms with Gasteiger partial charge in [-0.25, -0.2) is 9.78 Å². The highest BCUT2D eigenvalue weighted by Gasteiger charge is 2.20. The van der Waals surface area contributed by atoms with Crippen molar-refractivity contribution in [3.8, 4) is 11.5 Å². The maximum absolute atomic E-state index is 11.8. The zero-order valence-corrected chi connectivity index (χ0v) is 11.6. The second-order valence-corrected chi connectivity index (χ2v) is 4.50. The summed E-state index contributed by atoms with van der Waals surface area (Å²) < 4.78 is 10.6. The molecule has 0 saturated carbocycles. The predicted octanol–water partition coefficient (Wildman–Crippen LogP) is 3.10. The molecule has 0 atom stereocenters. The third-order valence-corrected chi connectivity index (χ3v) is 3.41. The van der Waals surface area contributed by atoms with Crippen LogP contribution >= 0.6 is 0 Å². The molecular weight excluding hydrogens is 270 g/mol. The Labute approximate surface area is 120 Å². The van der Waals surface area contributed by atoms with Crippen LogP contribution in [0.1, 0.15) is 10.4 Å². The van der Waals surface area contributed by atoms with Crippen LogP contribution in [0.25, 0.3) is 21.8 Å². The average Bonchev–Trinajstić information content (AvgIpc) is 2.51. The smallest absolute Gasteiger partial charge is 0.337 e. The van der Waals surface area contributed by atoms with Gasteiger partial charge in [-0.3, -0.25) is 0 Å². The normalized spacial score (nSPS) is 10.8. The Morgan fingerprint density at radius 2 is 1.71 bits per heavy atom. The molecule has 5 nitrogen and oxygen atoms in total. The van der Waals surface area contributed by atoms with Gasteiger partial charge in [-0.05, 0) is 18.2 Å². The summed E-state index contributed by atoms with van der Waals surface area (Å²) in [7, 11) is 3.03. The molecule has 106 valence electrons. The third-order valence-electron chi connectivity index (χ3n) is 3.41. The molecule has 3 aromatic rings. The first kappa shape index (κ1) is 13.2. The Bertz CT molecular complexity index is 858. The van der Waals surface area contributed by atoms with E-state index < -0.39 is 5.97 Å². The van der Waals surface area contributed by atoms with E-state index in [-0.39, 0.29) is 5.56 Å². The standard InChI is InChI=1S/C16H13NO4/c1-20-11-7-8-12(21-2)15-14(11)13(16(18)19)9-5-3-4-6-10(9)17-15/h3-8H,1-2H3,(H,18,19). The van der Waals surface area contributed by atoms with Crippen LogP contribution in [-0.4, -0.2) is 30.3 Å². The molecule has 1 heterocycles. The van der Waals surface area contributed by atoms with Crippen molar-refractivity contribution in [3.63, 3.8) is 0 Å². The SMILES string of the molecule is COc1ccc(OC)c2c(C(=O)O)c3ccccc3nc12. The number of carbonyl (C=O) groups is 1. The van der Waals surface area contributed by atoms with Crippen molar-refractivity contribution >= 4 is 27.8 Å².